The molecule has 0 aromatic rings. The van der Waals surface area contributed by atoms with Crippen molar-refractivity contribution in [2.75, 3.05) is 13.1 Å². The quantitative estimate of drug-likeness (QED) is 0.853. The molecule has 1 atom stereocenters. The number of hydrogen-bond acceptors (Lipinski definition) is 2. The summed E-state index contributed by atoms with van der Waals surface area (Å²) in [6.45, 7) is 5.98. The number of nitrogens with two attached hydrogens (primary N) is 1. The molecule has 0 aromatic carbocycles. The highest BCUT2D eigenvalue weighted by molar-refractivity contribution is 5.83. The van der Waals surface area contributed by atoms with Gasteiger partial charge < -0.3 is 10.6 Å². The van der Waals surface area contributed by atoms with E-state index in [0.29, 0.717) is 18.5 Å². The number of carbonyl (C=O) groups excluding carboxylic acids is 1. The van der Waals surface area contributed by atoms with Gasteiger partial charge in [-0.2, -0.15) is 0 Å². The predicted octanol–water partition coefficient (Wildman–Crippen LogP) is 2.93. The molecular formula is C16H30N2O. The van der Waals surface area contributed by atoms with Gasteiger partial charge in [0.15, 0.2) is 0 Å². The number of amides is 1. The van der Waals surface area contributed by atoms with Crippen LogP contribution in [0.4, 0.5) is 0 Å². The van der Waals surface area contributed by atoms with Gasteiger partial charge in [-0.1, -0.05) is 13.8 Å². The predicted molar refractivity (Wildman–Crippen MR) is 78.8 cm³/mol. The molecule has 1 aliphatic heterocycles. The first-order valence-corrected chi connectivity index (χ1v) is 8.14. The van der Waals surface area contributed by atoms with E-state index in [1.807, 2.05) is 0 Å². The zero-order valence-corrected chi connectivity index (χ0v) is 12.7. The molecule has 0 radical (unpaired) electrons. The standard InChI is InChI=1S/C16H30N2O/c1-3-14-6-4-5-11-18(14)15(19)16(12-17)9-7-13(2)8-10-16/h13-14H,3-12,17H2,1-2H3. The molecule has 1 amide bonds. The lowest BCUT2D eigenvalue weighted by Crippen LogP contribution is -2.54. The first kappa shape index (κ1) is 14.8. The maximum atomic E-state index is 13.0. The van der Waals surface area contributed by atoms with E-state index >= 15 is 0 Å². The average molecular weight is 266 g/mol. The smallest absolute Gasteiger partial charge is 0.230 e. The Hall–Kier alpha value is -0.570. The number of carbonyl (C=O) groups is 1. The van der Waals surface area contributed by atoms with Gasteiger partial charge in [0.05, 0.1) is 5.41 Å². The van der Waals surface area contributed by atoms with E-state index in [2.05, 4.69) is 18.7 Å². The zero-order chi connectivity index (χ0) is 13.9. The van der Waals surface area contributed by atoms with Gasteiger partial charge >= 0.3 is 0 Å². The Balaban J connectivity index is 2.11. The topological polar surface area (TPSA) is 46.3 Å². The molecule has 2 aliphatic rings. The van der Waals surface area contributed by atoms with Gasteiger partial charge in [-0.15, -0.1) is 0 Å². The molecule has 1 saturated heterocycles. The highest BCUT2D eigenvalue weighted by Crippen LogP contribution is 2.40. The zero-order valence-electron chi connectivity index (χ0n) is 12.7. The van der Waals surface area contributed by atoms with Gasteiger partial charge in [-0.05, 0) is 57.3 Å². The van der Waals surface area contributed by atoms with Gasteiger partial charge in [0.1, 0.15) is 0 Å². The summed E-state index contributed by atoms with van der Waals surface area (Å²) in [6.07, 6.45) is 9.02. The van der Waals surface area contributed by atoms with Crippen LogP contribution in [0.5, 0.6) is 0 Å². The molecule has 0 bridgehead atoms. The fraction of sp³-hybridized carbons (Fsp3) is 0.938. The number of piperidine rings is 1. The van der Waals surface area contributed by atoms with E-state index < -0.39 is 0 Å². The molecule has 0 aromatic heterocycles. The van der Waals surface area contributed by atoms with Crippen molar-refractivity contribution in [2.24, 2.45) is 17.1 Å². The second-order valence-corrected chi connectivity index (χ2v) is 6.72. The molecular weight excluding hydrogens is 236 g/mol. The van der Waals surface area contributed by atoms with E-state index in [1.165, 1.54) is 19.3 Å². The van der Waals surface area contributed by atoms with E-state index in [4.69, 9.17) is 5.73 Å². The third-order valence-electron chi connectivity index (χ3n) is 5.44. The van der Waals surface area contributed by atoms with Gasteiger partial charge in [0.25, 0.3) is 0 Å². The monoisotopic (exact) mass is 266 g/mol. The summed E-state index contributed by atoms with van der Waals surface area (Å²) in [7, 11) is 0. The van der Waals surface area contributed by atoms with Gasteiger partial charge in [-0.25, -0.2) is 0 Å². The molecule has 2 N–H and O–H groups in total. The number of nitrogens with zero attached hydrogens (tertiary/aromatic N) is 1. The maximum Gasteiger partial charge on any atom is 0.230 e. The summed E-state index contributed by atoms with van der Waals surface area (Å²) in [5.74, 6) is 1.13. The highest BCUT2D eigenvalue weighted by atomic mass is 16.2. The second-order valence-electron chi connectivity index (χ2n) is 6.72. The van der Waals surface area contributed by atoms with E-state index in [1.54, 1.807) is 0 Å². The van der Waals surface area contributed by atoms with Gasteiger partial charge in [-0.3, -0.25) is 4.79 Å². The van der Waals surface area contributed by atoms with Crippen LogP contribution < -0.4 is 5.73 Å². The van der Waals surface area contributed by atoms with Gasteiger partial charge in [0.2, 0.25) is 5.91 Å². The average Bonchev–Trinajstić information content (AvgIpc) is 2.47. The van der Waals surface area contributed by atoms with Crippen molar-refractivity contribution in [1.82, 2.24) is 4.90 Å². The largest absolute Gasteiger partial charge is 0.339 e. The summed E-state index contributed by atoms with van der Waals surface area (Å²) < 4.78 is 0. The molecule has 2 fully saturated rings. The maximum absolute atomic E-state index is 13.0. The molecule has 0 spiro atoms. The molecule has 1 aliphatic carbocycles. The van der Waals surface area contributed by atoms with Crippen LogP contribution in [0.2, 0.25) is 0 Å². The summed E-state index contributed by atoms with van der Waals surface area (Å²) in [6, 6.07) is 0.462. The van der Waals surface area contributed by atoms with Crippen LogP contribution in [0, 0.1) is 11.3 Å². The van der Waals surface area contributed by atoms with E-state index in [-0.39, 0.29) is 5.41 Å². The Kier molecular flexibility index (Phi) is 4.88. The lowest BCUT2D eigenvalue weighted by Gasteiger charge is -2.44. The summed E-state index contributed by atoms with van der Waals surface area (Å²) in [4.78, 5) is 15.2. The van der Waals surface area contributed by atoms with E-state index in [9.17, 15) is 4.79 Å². The number of hydrogen-bond donors (Lipinski definition) is 1. The minimum Gasteiger partial charge on any atom is -0.339 e. The second kappa shape index (κ2) is 6.25. The van der Waals surface area contributed by atoms with Crippen molar-refractivity contribution >= 4 is 5.91 Å². The first-order valence-electron chi connectivity index (χ1n) is 8.14. The molecule has 110 valence electrons. The van der Waals surface area contributed by atoms with E-state index in [0.717, 1.165) is 44.6 Å². The Morgan fingerprint density at radius 2 is 1.95 bits per heavy atom. The summed E-state index contributed by atoms with van der Waals surface area (Å²) >= 11 is 0. The molecule has 3 heteroatoms. The molecule has 1 saturated carbocycles. The molecule has 19 heavy (non-hydrogen) atoms. The van der Waals surface area contributed by atoms with Crippen LogP contribution in [-0.4, -0.2) is 29.9 Å². The summed E-state index contributed by atoms with van der Waals surface area (Å²) in [5, 5.41) is 0. The number of rotatable bonds is 3. The van der Waals surface area contributed by atoms with Crippen LogP contribution in [0.15, 0.2) is 0 Å². The Bertz CT molecular complexity index is 308. The minimum absolute atomic E-state index is 0.239. The van der Waals surface area contributed by atoms with Gasteiger partial charge in [0, 0.05) is 19.1 Å². The third kappa shape index (κ3) is 2.96. The molecule has 2 rings (SSSR count). The lowest BCUT2D eigenvalue weighted by atomic mass is 9.69. The summed E-state index contributed by atoms with van der Waals surface area (Å²) in [5.41, 5.74) is 5.79. The third-order valence-corrected chi connectivity index (χ3v) is 5.44. The fourth-order valence-electron chi connectivity index (χ4n) is 3.82. The van der Waals surface area contributed by atoms with Crippen LogP contribution in [0.25, 0.3) is 0 Å². The Morgan fingerprint density at radius 1 is 1.26 bits per heavy atom. The van der Waals surface area contributed by atoms with Crippen molar-refractivity contribution in [2.45, 2.75) is 71.3 Å². The Labute approximate surface area is 117 Å². The first-order chi connectivity index (χ1) is 9.13. The van der Waals surface area contributed by atoms with Crippen LogP contribution in [0.3, 0.4) is 0 Å². The van der Waals surface area contributed by atoms with Crippen molar-refractivity contribution in [3.63, 3.8) is 0 Å². The SMILES string of the molecule is CCC1CCCCN1C(=O)C1(CN)CCC(C)CC1. The minimum atomic E-state index is -0.239. The highest BCUT2D eigenvalue weighted by Gasteiger charge is 2.43. The Morgan fingerprint density at radius 3 is 2.53 bits per heavy atom. The lowest BCUT2D eigenvalue weighted by molar-refractivity contribution is -0.148. The molecule has 1 heterocycles. The molecule has 1 unspecified atom stereocenters. The number of likely N-dealkylation sites (tertiary alicyclic amines) is 1. The van der Waals surface area contributed by atoms with Crippen molar-refractivity contribution in [3.8, 4) is 0 Å². The molecule has 3 nitrogen and oxygen atoms in total. The van der Waals surface area contributed by atoms with Crippen LogP contribution in [-0.2, 0) is 4.79 Å². The van der Waals surface area contributed by atoms with Crippen LogP contribution in [0.1, 0.15) is 65.2 Å². The van der Waals surface area contributed by atoms with Crippen molar-refractivity contribution < 1.29 is 4.79 Å². The van der Waals surface area contributed by atoms with Crippen molar-refractivity contribution in [1.29, 1.82) is 0 Å². The van der Waals surface area contributed by atoms with Crippen LogP contribution >= 0.6 is 0 Å². The normalized spacial score (nSPS) is 36.3. The fourth-order valence-corrected chi connectivity index (χ4v) is 3.82. The van der Waals surface area contributed by atoms with Crippen molar-refractivity contribution in [3.05, 3.63) is 0 Å².